The third-order valence-electron chi connectivity index (χ3n) is 7.85. The number of rotatable bonds is 3. The van der Waals surface area contributed by atoms with Gasteiger partial charge in [-0.25, -0.2) is 0 Å². The molecule has 0 heterocycles. The molecule has 5 rings (SSSR count). The van der Waals surface area contributed by atoms with E-state index in [2.05, 4.69) is 63.2 Å². The molecule has 0 unspecified atom stereocenters. The van der Waals surface area contributed by atoms with Crippen LogP contribution >= 0.6 is 0 Å². The van der Waals surface area contributed by atoms with E-state index >= 15 is 0 Å². The second-order valence-corrected chi connectivity index (χ2v) is 10.1. The van der Waals surface area contributed by atoms with Crippen molar-refractivity contribution in [2.24, 2.45) is 0 Å². The fourth-order valence-electron chi connectivity index (χ4n) is 6.28. The van der Waals surface area contributed by atoms with Gasteiger partial charge in [-0.15, -0.1) is 0 Å². The van der Waals surface area contributed by atoms with Crippen molar-refractivity contribution in [3.63, 3.8) is 0 Å². The van der Waals surface area contributed by atoms with Gasteiger partial charge in [0.15, 0.2) is 0 Å². The third-order valence-corrected chi connectivity index (χ3v) is 7.85. The summed E-state index contributed by atoms with van der Waals surface area (Å²) in [4.78, 5) is 0. The van der Waals surface area contributed by atoms with Crippen molar-refractivity contribution in [3.05, 3.63) is 87.0 Å². The van der Waals surface area contributed by atoms with Crippen LogP contribution < -0.4 is 0 Å². The first-order valence-electron chi connectivity index (χ1n) is 11.8. The van der Waals surface area contributed by atoms with Gasteiger partial charge in [-0.2, -0.15) is 0 Å². The van der Waals surface area contributed by atoms with Gasteiger partial charge in [0.1, 0.15) is 5.75 Å². The second-order valence-electron chi connectivity index (χ2n) is 10.1. The largest absolute Gasteiger partial charge is 0.507 e. The Hall–Kier alpha value is -2.28. The van der Waals surface area contributed by atoms with Crippen molar-refractivity contribution in [2.45, 2.75) is 83.5 Å². The number of phenols is 1. The molecule has 3 aliphatic rings. The summed E-state index contributed by atoms with van der Waals surface area (Å²) in [5.74, 6) is 0.844. The number of fused-ring (bicyclic) bond motifs is 1. The minimum absolute atomic E-state index is 0.238. The van der Waals surface area contributed by atoms with E-state index in [-0.39, 0.29) is 5.41 Å². The van der Waals surface area contributed by atoms with Gasteiger partial charge < -0.3 is 5.11 Å². The lowest BCUT2D eigenvalue weighted by atomic mass is 9.73. The first-order valence-corrected chi connectivity index (χ1v) is 11.8. The van der Waals surface area contributed by atoms with Crippen molar-refractivity contribution in [3.8, 4) is 5.75 Å². The summed E-state index contributed by atoms with van der Waals surface area (Å²) in [7, 11) is 0. The zero-order chi connectivity index (χ0) is 20.9. The van der Waals surface area contributed by atoms with Crippen LogP contribution in [0.5, 0.6) is 5.75 Å². The molecule has 0 aliphatic heterocycles. The highest BCUT2D eigenvalue weighted by atomic mass is 16.3. The fraction of sp³-hybridized carbons (Fsp3) is 0.448. The molecule has 3 aliphatic carbocycles. The monoisotopic (exact) mass is 398 g/mol. The molecule has 0 atom stereocenters. The standard InChI is InChI=1S/C29H34O/c1-19-17-25(28(30)26(18-19)29(2,3)20-11-5-4-6-12-20)27-23-15-9-7-13-21(23)22-14-8-10-16-24(22)27/h4-6,11-12,17-18,27,30H,7-10,13-16H2,1-3H3. The lowest BCUT2D eigenvalue weighted by Gasteiger charge is -2.31. The maximum Gasteiger partial charge on any atom is 0.123 e. The molecule has 0 amide bonds. The Kier molecular flexibility index (Phi) is 4.88. The SMILES string of the molecule is Cc1cc(C2C3=C(CCCC3)C3=C2CCCC3)c(O)c(C(C)(C)c2ccccc2)c1. The Morgan fingerprint density at radius 1 is 0.800 bits per heavy atom. The Bertz CT molecular complexity index is 1000. The van der Waals surface area contributed by atoms with Crippen LogP contribution in [0, 0.1) is 6.92 Å². The number of hydrogen-bond donors (Lipinski definition) is 1. The van der Waals surface area contributed by atoms with Crippen LogP contribution in [0.15, 0.2) is 64.8 Å². The van der Waals surface area contributed by atoms with Crippen molar-refractivity contribution in [2.75, 3.05) is 0 Å². The predicted octanol–water partition coefficient (Wildman–Crippen LogP) is 7.86. The van der Waals surface area contributed by atoms with E-state index in [1.54, 1.807) is 22.3 Å². The molecule has 2 aromatic carbocycles. The molecule has 0 fully saturated rings. The molecular weight excluding hydrogens is 364 g/mol. The molecule has 0 saturated heterocycles. The van der Waals surface area contributed by atoms with Crippen LogP contribution in [0.1, 0.15) is 93.4 Å². The van der Waals surface area contributed by atoms with Crippen molar-refractivity contribution >= 4 is 0 Å². The molecule has 0 aromatic heterocycles. The number of aromatic hydroxyl groups is 1. The number of allylic oxidation sites excluding steroid dienone is 4. The Balaban J connectivity index is 1.67. The van der Waals surface area contributed by atoms with E-state index in [1.807, 2.05) is 0 Å². The molecule has 2 aromatic rings. The normalized spacial score (nSPS) is 19.8. The van der Waals surface area contributed by atoms with Gasteiger partial charge in [-0.1, -0.05) is 73.0 Å². The maximum absolute atomic E-state index is 11.7. The van der Waals surface area contributed by atoms with E-state index in [1.165, 1.54) is 62.5 Å². The van der Waals surface area contributed by atoms with Gasteiger partial charge in [0.05, 0.1) is 0 Å². The minimum atomic E-state index is -0.238. The maximum atomic E-state index is 11.7. The van der Waals surface area contributed by atoms with Gasteiger partial charge in [0, 0.05) is 22.5 Å². The summed E-state index contributed by atoms with van der Waals surface area (Å²) in [6.07, 6.45) is 10.2. The van der Waals surface area contributed by atoms with Crippen LogP contribution in [-0.2, 0) is 5.41 Å². The molecule has 0 spiro atoms. The molecule has 1 N–H and O–H groups in total. The van der Waals surface area contributed by atoms with Crippen LogP contribution in [0.3, 0.4) is 0 Å². The van der Waals surface area contributed by atoms with Crippen molar-refractivity contribution in [1.82, 2.24) is 0 Å². The molecule has 0 saturated carbocycles. The summed E-state index contributed by atoms with van der Waals surface area (Å²) < 4.78 is 0. The third kappa shape index (κ3) is 3.06. The first kappa shape index (κ1) is 19.7. The van der Waals surface area contributed by atoms with Gasteiger partial charge in [0.2, 0.25) is 0 Å². The zero-order valence-corrected chi connectivity index (χ0v) is 18.7. The van der Waals surface area contributed by atoms with E-state index in [0.29, 0.717) is 11.7 Å². The molecule has 0 bridgehead atoms. The van der Waals surface area contributed by atoms with Crippen LogP contribution in [-0.4, -0.2) is 5.11 Å². The lowest BCUT2D eigenvalue weighted by molar-refractivity contribution is 0.443. The predicted molar refractivity (Wildman–Crippen MR) is 125 cm³/mol. The number of aryl methyl sites for hydroxylation is 1. The van der Waals surface area contributed by atoms with Gasteiger partial charge in [-0.3, -0.25) is 0 Å². The molecular formula is C29H34O. The van der Waals surface area contributed by atoms with Gasteiger partial charge >= 0.3 is 0 Å². The number of hydrogen-bond acceptors (Lipinski definition) is 1. The smallest absolute Gasteiger partial charge is 0.123 e. The van der Waals surface area contributed by atoms with Crippen LogP contribution in [0.25, 0.3) is 0 Å². The van der Waals surface area contributed by atoms with Crippen LogP contribution in [0.4, 0.5) is 0 Å². The first-order chi connectivity index (χ1) is 14.5. The average molecular weight is 399 g/mol. The second kappa shape index (κ2) is 7.45. The molecule has 0 radical (unpaired) electrons. The fourth-order valence-corrected chi connectivity index (χ4v) is 6.28. The summed E-state index contributed by atoms with van der Waals surface area (Å²) >= 11 is 0. The average Bonchev–Trinajstić information content (AvgIpc) is 3.10. The number of benzene rings is 2. The van der Waals surface area contributed by atoms with E-state index in [4.69, 9.17) is 0 Å². The van der Waals surface area contributed by atoms with Crippen molar-refractivity contribution < 1.29 is 5.11 Å². The topological polar surface area (TPSA) is 20.2 Å². The molecule has 156 valence electrons. The highest BCUT2D eigenvalue weighted by molar-refractivity contribution is 5.63. The Labute approximate surface area is 181 Å². The molecule has 1 nitrogen and oxygen atoms in total. The molecule has 1 heteroatoms. The van der Waals surface area contributed by atoms with Crippen LogP contribution in [0.2, 0.25) is 0 Å². The summed E-state index contributed by atoms with van der Waals surface area (Å²) in [6, 6.07) is 15.1. The quantitative estimate of drug-likeness (QED) is 0.558. The van der Waals surface area contributed by atoms with E-state index < -0.39 is 0 Å². The van der Waals surface area contributed by atoms with Gasteiger partial charge in [-0.05, 0) is 75.0 Å². The summed E-state index contributed by atoms with van der Waals surface area (Å²) in [5, 5.41) is 11.7. The van der Waals surface area contributed by atoms with E-state index in [0.717, 1.165) is 11.1 Å². The Morgan fingerprint density at radius 2 is 1.37 bits per heavy atom. The van der Waals surface area contributed by atoms with Gasteiger partial charge in [0.25, 0.3) is 0 Å². The highest BCUT2D eigenvalue weighted by Crippen LogP contribution is 2.56. The highest BCUT2D eigenvalue weighted by Gasteiger charge is 2.38. The number of phenolic OH excluding ortho intramolecular Hbond substituents is 1. The van der Waals surface area contributed by atoms with Crippen molar-refractivity contribution in [1.29, 1.82) is 0 Å². The van der Waals surface area contributed by atoms with E-state index in [9.17, 15) is 5.11 Å². The minimum Gasteiger partial charge on any atom is -0.507 e. The molecule has 30 heavy (non-hydrogen) atoms. The Morgan fingerprint density at radius 3 is 1.97 bits per heavy atom. The summed E-state index contributed by atoms with van der Waals surface area (Å²) in [5.41, 5.74) is 11.1. The lowest BCUT2D eigenvalue weighted by Crippen LogP contribution is -2.20. The zero-order valence-electron chi connectivity index (χ0n) is 18.7. The summed E-state index contributed by atoms with van der Waals surface area (Å²) in [6.45, 7) is 6.67.